The zero-order chi connectivity index (χ0) is 13.8. The number of ether oxygens (including phenoxy) is 1. The molecule has 2 N–H and O–H groups in total. The summed E-state index contributed by atoms with van der Waals surface area (Å²) in [6, 6.07) is 5.06. The van der Waals surface area contributed by atoms with Crippen molar-refractivity contribution in [2.45, 2.75) is 31.9 Å². The molecule has 104 valence electrons. The topological polar surface area (TPSA) is 76.4 Å². The zero-order valence-electron chi connectivity index (χ0n) is 11.2. The molecule has 1 aromatic carbocycles. The van der Waals surface area contributed by atoms with Crippen LogP contribution in [0.25, 0.3) is 0 Å². The number of benzene rings is 1. The molecule has 1 aliphatic rings. The number of non-ortho nitro benzene ring substituents is 1. The Morgan fingerprint density at radius 1 is 1.42 bits per heavy atom. The van der Waals surface area contributed by atoms with Gasteiger partial charge < -0.3 is 15.4 Å². The van der Waals surface area contributed by atoms with Crippen LogP contribution in [0.4, 0.5) is 17.1 Å². The number of nitro benzene ring substituents is 1. The Morgan fingerprint density at radius 2 is 2.16 bits per heavy atom. The van der Waals surface area contributed by atoms with Crippen LogP contribution in [-0.2, 0) is 4.74 Å². The van der Waals surface area contributed by atoms with E-state index in [2.05, 4.69) is 10.6 Å². The highest BCUT2D eigenvalue weighted by Gasteiger charge is 2.22. The molecule has 1 saturated heterocycles. The maximum atomic E-state index is 10.9. The molecule has 0 radical (unpaired) electrons. The van der Waals surface area contributed by atoms with Gasteiger partial charge in [-0.15, -0.1) is 0 Å². The van der Waals surface area contributed by atoms with Gasteiger partial charge in [0.2, 0.25) is 0 Å². The second-order valence-electron chi connectivity index (χ2n) is 4.76. The smallest absolute Gasteiger partial charge is 0.273 e. The zero-order valence-corrected chi connectivity index (χ0v) is 11.2. The van der Waals surface area contributed by atoms with Crippen molar-refractivity contribution in [2.75, 3.05) is 24.3 Å². The first kappa shape index (κ1) is 13.6. The van der Waals surface area contributed by atoms with E-state index in [0.717, 1.165) is 30.8 Å². The highest BCUT2D eigenvalue weighted by Crippen LogP contribution is 2.26. The number of hydrogen-bond acceptors (Lipinski definition) is 5. The monoisotopic (exact) mass is 265 g/mol. The lowest BCUT2D eigenvalue weighted by Gasteiger charge is -2.21. The van der Waals surface area contributed by atoms with Gasteiger partial charge in [0.25, 0.3) is 5.69 Å². The Labute approximate surface area is 112 Å². The van der Waals surface area contributed by atoms with E-state index in [4.69, 9.17) is 4.74 Å². The molecule has 2 atom stereocenters. The summed E-state index contributed by atoms with van der Waals surface area (Å²) in [6.07, 6.45) is 2.28. The number of rotatable bonds is 5. The Kier molecular flexibility index (Phi) is 4.21. The maximum absolute atomic E-state index is 10.9. The number of nitrogens with zero attached hydrogens (tertiary/aromatic N) is 1. The molecule has 1 aliphatic heterocycles. The molecule has 0 aliphatic carbocycles. The van der Waals surface area contributed by atoms with Crippen molar-refractivity contribution in [3.05, 3.63) is 28.3 Å². The Balaban J connectivity index is 2.14. The van der Waals surface area contributed by atoms with E-state index in [1.807, 2.05) is 13.0 Å². The van der Waals surface area contributed by atoms with Crippen LogP contribution >= 0.6 is 0 Å². The fraction of sp³-hybridized carbons (Fsp3) is 0.538. The number of anilines is 2. The lowest BCUT2D eigenvalue weighted by Crippen LogP contribution is -2.30. The van der Waals surface area contributed by atoms with Gasteiger partial charge in [-0.25, -0.2) is 0 Å². The molecule has 1 aromatic rings. The average Bonchev–Trinajstić information content (AvgIpc) is 2.92. The largest absolute Gasteiger partial charge is 0.388 e. The van der Waals surface area contributed by atoms with Gasteiger partial charge in [-0.3, -0.25) is 10.1 Å². The normalized spacial score (nSPS) is 20.0. The van der Waals surface area contributed by atoms with Crippen molar-refractivity contribution >= 4 is 17.1 Å². The predicted molar refractivity (Wildman–Crippen MR) is 74.7 cm³/mol. The molecular formula is C13H19N3O3. The summed E-state index contributed by atoms with van der Waals surface area (Å²) in [4.78, 5) is 10.5. The highest BCUT2D eigenvalue weighted by molar-refractivity contribution is 5.63. The first-order valence-corrected chi connectivity index (χ1v) is 6.45. The third kappa shape index (κ3) is 3.35. The van der Waals surface area contributed by atoms with Crippen molar-refractivity contribution < 1.29 is 9.66 Å². The van der Waals surface area contributed by atoms with Crippen molar-refractivity contribution in [1.29, 1.82) is 0 Å². The molecule has 6 nitrogen and oxygen atoms in total. The van der Waals surface area contributed by atoms with Crippen molar-refractivity contribution in [3.8, 4) is 0 Å². The summed E-state index contributed by atoms with van der Waals surface area (Å²) in [6.45, 7) is 2.83. The molecular weight excluding hydrogens is 246 g/mol. The molecule has 0 spiro atoms. The van der Waals surface area contributed by atoms with E-state index < -0.39 is 0 Å². The second-order valence-corrected chi connectivity index (χ2v) is 4.76. The molecule has 2 unspecified atom stereocenters. The molecule has 0 bridgehead atoms. The van der Waals surface area contributed by atoms with Crippen LogP contribution in [0.5, 0.6) is 0 Å². The highest BCUT2D eigenvalue weighted by atomic mass is 16.6. The quantitative estimate of drug-likeness (QED) is 0.632. The summed E-state index contributed by atoms with van der Waals surface area (Å²) in [5.74, 6) is 0. The standard InChI is InChI=1S/C13H19N3O3/c1-9(13-4-3-5-19-13)15-11-6-10(14-2)7-12(8-11)16(17)18/h6-9,13-15H,3-5H2,1-2H3. The van der Waals surface area contributed by atoms with Crippen molar-refractivity contribution in [1.82, 2.24) is 0 Å². The molecule has 19 heavy (non-hydrogen) atoms. The predicted octanol–water partition coefficient (Wildman–Crippen LogP) is 2.62. The van der Waals surface area contributed by atoms with Gasteiger partial charge in [0.05, 0.1) is 11.0 Å². The van der Waals surface area contributed by atoms with Gasteiger partial charge in [-0.1, -0.05) is 0 Å². The number of nitrogens with one attached hydrogen (secondary N) is 2. The van der Waals surface area contributed by atoms with Crippen LogP contribution in [-0.4, -0.2) is 30.7 Å². The minimum atomic E-state index is -0.386. The van der Waals surface area contributed by atoms with Gasteiger partial charge >= 0.3 is 0 Å². The molecule has 0 amide bonds. The molecule has 0 saturated carbocycles. The molecule has 0 aromatic heterocycles. The van der Waals surface area contributed by atoms with Gasteiger partial charge in [0.15, 0.2) is 0 Å². The van der Waals surface area contributed by atoms with Gasteiger partial charge in [-0.05, 0) is 25.8 Å². The average molecular weight is 265 g/mol. The van der Waals surface area contributed by atoms with Gasteiger partial charge in [0, 0.05) is 43.2 Å². The first-order valence-electron chi connectivity index (χ1n) is 6.45. The van der Waals surface area contributed by atoms with Gasteiger partial charge in [-0.2, -0.15) is 0 Å². The van der Waals surface area contributed by atoms with Crippen LogP contribution in [0.3, 0.4) is 0 Å². The molecule has 6 heteroatoms. The van der Waals surface area contributed by atoms with Crippen molar-refractivity contribution in [2.24, 2.45) is 0 Å². The van der Waals surface area contributed by atoms with Gasteiger partial charge in [0.1, 0.15) is 0 Å². The van der Waals surface area contributed by atoms with E-state index in [-0.39, 0.29) is 22.8 Å². The van der Waals surface area contributed by atoms with Crippen molar-refractivity contribution in [3.63, 3.8) is 0 Å². The van der Waals surface area contributed by atoms with Crippen LogP contribution < -0.4 is 10.6 Å². The van der Waals surface area contributed by atoms with Crippen LogP contribution in [0, 0.1) is 10.1 Å². The Bertz CT molecular complexity index is 458. The minimum Gasteiger partial charge on any atom is -0.388 e. The lowest BCUT2D eigenvalue weighted by molar-refractivity contribution is -0.384. The molecule has 2 rings (SSSR count). The van der Waals surface area contributed by atoms with E-state index in [1.54, 1.807) is 13.1 Å². The van der Waals surface area contributed by atoms with E-state index in [0.29, 0.717) is 0 Å². The summed E-state index contributed by atoms with van der Waals surface area (Å²) >= 11 is 0. The Morgan fingerprint density at radius 3 is 2.74 bits per heavy atom. The van der Waals surface area contributed by atoms with E-state index in [9.17, 15) is 10.1 Å². The van der Waals surface area contributed by atoms with Crippen LogP contribution in [0.1, 0.15) is 19.8 Å². The maximum Gasteiger partial charge on any atom is 0.273 e. The molecule has 1 fully saturated rings. The minimum absolute atomic E-state index is 0.0777. The lowest BCUT2D eigenvalue weighted by atomic mass is 10.1. The third-order valence-electron chi connectivity index (χ3n) is 3.33. The van der Waals surface area contributed by atoms with Crippen LogP contribution in [0.15, 0.2) is 18.2 Å². The Hall–Kier alpha value is -1.82. The number of hydrogen-bond donors (Lipinski definition) is 2. The van der Waals surface area contributed by atoms with E-state index in [1.165, 1.54) is 6.07 Å². The summed E-state index contributed by atoms with van der Waals surface area (Å²) in [7, 11) is 1.74. The SMILES string of the molecule is CNc1cc(NC(C)C2CCCO2)cc([N+](=O)[O-])c1. The van der Waals surface area contributed by atoms with E-state index >= 15 is 0 Å². The third-order valence-corrected chi connectivity index (χ3v) is 3.33. The summed E-state index contributed by atoms with van der Waals surface area (Å²) < 4.78 is 5.61. The fourth-order valence-corrected chi connectivity index (χ4v) is 2.30. The first-order chi connectivity index (χ1) is 9.10. The summed E-state index contributed by atoms with van der Waals surface area (Å²) in [5.41, 5.74) is 1.53. The van der Waals surface area contributed by atoms with Crippen LogP contribution in [0.2, 0.25) is 0 Å². The second kappa shape index (κ2) is 5.88. The fourth-order valence-electron chi connectivity index (χ4n) is 2.30. The summed E-state index contributed by atoms with van der Waals surface area (Å²) in [5, 5.41) is 17.1. The molecule has 1 heterocycles. The number of nitro groups is 1.